The summed E-state index contributed by atoms with van der Waals surface area (Å²) in [5.74, 6) is 0.271. The van der Waals surface area contributed by atoms with Gasteiger partial charge in [0, 0.05) is 36.2 Å². The monoisotopic (exact) mass is 411 g/mol. The van der Waals surface area contributed by atoms with Crippen LogP contribution >= 0.6 is 0 Å². The highest BCUT2D eigenvalue weighted by molar-refractivity contribution is 5.91. The van der Waals surface area contributed by atoms with Crippen LogP contribution in [0.25, 0.3) is 10.9 Å². The third-order valence-electron chi connectivity index (χ3n) is 7.78. The molecule has 6 heteroatoms. The first-order valence-electron chi connectivity index (χ1n) is 11.3. The molecule has 4 atom stereocenters. The molecule has 5 rings (SSSR count). The van der Waals surface area contributed by atoms with E-state index in [0.717, 1.165) is 12.0 Å². The van der Waals surface area contributed by atoms with E-state index in [1.165, 1.54) is 35.0 Å². The molecule has 1 aliphatic heterocycles. The van der Waals surface area contributed by atoms with Gasteiger partial charge in [0.25, 0.3) is 0 Å². The van der Waals surface area contributed by atoms with Crippen molar-refractivity contribution in [2.24, 2.45) is 13.0 Å². The third-order valence-corrected chi connectivity index (χ3v) is 7.78. The number of nitrogens with zero attached hydrogens (tertiary/aromatic N) is 2. The zero-order valence-electron chi connectivity index (χ0n) is 18.2. The van der Waals surface area contributed by atoms with Gasteiger partial charge in [-0.1, -0.05) is 19.1 Å². The molecule has 2 heterocycles. The summed E-state index contributed by atoms with van der Waals surface area (Å²) in [5.41, 5.74) is 3.97. The van der Waals surface area contributed by atoms with E-state index in [1.54, 1.807) is 0 Å². The molecule has 2 aromatic rings. The second kappa shape index (κ2) is 7.08. The average Bonchev–Trinajstić information content (AvgIpc) is 3.53. The molecule has 1 aromatic carbocycles. The van der Waals surface area contributed by atoms with Gasteiger partial charge in [0.1, 0.15) is 5.60 Å². The number of aliphatic hydroxyl groups excluding tert-OH is 1. The van der Waals surface area contributed by atoms with E-state index in [2.05, 4.69) is 34.0 Å². The van der Waals surface area contributed by atoms with Gasteiger partial charge in [-0.2, -0.15) is 0 Å². The van der Waals surface area contributed by atoms with Crippen LogP contribution in [0.15, 0.2) is 18.2 Å². The zero-order chi connectivity index (χ0) is 21.2. The summed E-state index contributed by atoms with van der Waals surface area (Å²) in [5, 5.41) is 25.7. The minimum absolute atomic E-state index is 0.0284. The predicted molar refractivity (Wildman–Crippen MR) is 116 cm³/mol. The molecule has 2 fully saturated rings. The fourth-order valence-corrected chi connectivity index (χ4v) is 6.04. The second-order valence-corrected chi connectivity index (χ2v) is 9.68. The molecule has 6 nitrogen and oxygen atoms in total. The van der Waals surface area contributed by atoms with E-state index in [9.17, 15) is 15.0 Å². The number of likely N-dealkylation sites (tertiary alicyclic amines) is 1. The lowest BCUT2D eigenvalue weighted by molar-refractivity contribution is -0.141. The van der Waals surface area contributed by atoms with Crippen molar-refractivity contribution in [2.75, 3.05) is 20.2 Å². The van der Waals surface area contributed by atoms with Crippen LogP contribution in [0.5, 0.6) is 0 Å². The molecule has 30 heavy (non-hydrogen) atoms. The molecule has 3 aliphatic rings. The van der Waals surface area contributed by atoms with Gasteiger partial charge in [0.2, 0.25) is 5.91 Å². The topological polar surface area (TPSA) is 77.7 Å². The van der Waals surface area contributed by atoms with E-state index in [1.807, 2.05) is 20.0 Å². The molecule has 1 saturated carbocycles. The molecular formula is C24H33N3O3. The lowest BCUT2D eigenvalue weighted by Crippen LogP contribution is -2.61. The molecule has 1 aromatic heterocycles. The van der Waals surface area contributed by atoms with Crippen molar-refractivity contribution in [3.05, 3.63) is 35.0 Å². The number of aryl methyl sites for hydroxylation is 1. The molecule has 2 aliphatic carbocycles. The Morgan fingerprint density at radius 2 is 2.10 bits per heavy atom. The number of rotatable bonds is 5. The SMILES string of the molecule is CCC(CO)NC(=O)C1CN(C)[C@@H]2Cc3c(C4CC4)n(C)c4cccc(c34)C2(O)C1. The number of fused-ring (bicyclic) bond motifs is 2. The number of amides is 1. The van der Waals surface area contributed by atoms with Crippen LogP contribution in [0.2, 0.25) is 0 Å². The Labute approximate surface area is 177 Å². The first kappa shape index (κ1) is 20.0. The fourth-order valence-electron chi connectivity index (χ4n) is 6.04. The van der Waals surface area contributed by atoms with Crippen LogP contribution in [0.4, 0.5) is 0 Å². The summed E-state index contributed by atoms with van der Waals surface area (Å²) >= 11 is 0. The van der Waals surface area contributed by atoms with E-state index < -0.39 is 5.60 Å². The molecular weight excluding hydrogens is 378 g/mol. The highest BCUT2D eigenvalue weighted by Crippen LogP contribution is 2.52. The number of likely N-dealkylation sites (N-methyl/N-ethyl adjacent to an activating group) is 1. The summed E-state index contributed by atoms with van der Waals surface area (Å²) in [7, 11) is 4.19. The molecule has 1 saturated heterocycles. The van der Waals surface area contributed by atoms with Crippen LogP contribution < -0.4 is 5.32 Å². The number of aliphatic hydroxyl groups is 2. The van der Waals surface area contributed by atoms with Gasteiger partial charge in [-0.05, 0) is 62.3 Å². The lowest BCUT2D eigenvalue weighted by Gasteiger charge is -2.50. The second-order valence-electron chi connectivity index (χ2n) is 9.68. The minimum Gasteiger partial charge on any atom is -0.394 e. The summed E-state index contributed by atoms with van der Waals surface area (Å²) in [4.78, 5) is 15.1. The lowest BCUT2D eigenvalue weighted by atomic mass is 9.68. The Kier molecular flexibility index (Phi) is 4.73. The summed E-state index contributed by atoms with van der Waals surface area (Å²) in [6.07, 6.45) is 4.44. The largest absolute Gasteiger partial charge is 0.394 e. The van der Waals surface area contributed by atoms with Gasteiger partial charge in [-0.15, -0.1) is 0 Å². The van der Waals surface area contributed by atoms with Crippen LogP contribution in [0, 0.1) is 5.92 Å². The minimum atomic E-state index is -1.05. The number of hydrogen-bond acceptors (Lipinski definition) is 4. The summed E-state index contributed by atoms with van der Waals surface area (Å²) in [6.45, 7) is 2.51. The Balaban J connectivity index is 1.56. The van der Waals surface area contributed by atoms with Gasteiger partial charge in [-0.3, -0.25) is 9.69 Å². The van der Waals surface area contributed by atoms with Crippen LogP contribution in [-0.4, -0.2) is 57.9 Å². The zero-order valence-corrected chi connectivity index (χ0v) is 18.2. The molecule has 3 N–H and O–H groups in total. The van der Waals surface area contributed by atoms with E-state index >= 15 is 0 Å². The first-order valence-corrected chi connectivity index (χ1v) is 11.3. The Hall–Kier alpha value is -1.89. The van der Waals surface area contributed by atoms with Crippen LogP contribution in [-0.2, 0) is 23.9 Å². The van der Waals surface area contributed by atoms with E-state index in [0.29, 0.717) is 25.3 Å². The van der Waals surface area contributed by atoms with Crippen molar-refractivity contribution in [2.45, 2.75) is 62.6 Å². The van der Waals surface area contributed by atoms with Crippen molar-refractivity contribution in [3.8, 4) is 0 Å². The van der Waals surface area contributed by atoms with Gasteiger partial charge < -0.3 is 20.1 Å². The third kappa shape index (κ3) is 2.84. The fraction of sp³-hybridized carbons (Fsp3) is 0.625. The number of carbonyl (C=O) groups is 1. The van der Waals surface area contributed by atoms with Gasteiger partial charge in [0.05, 0.1) is 18.6 Å². The standard InChI is InChI=1S/C24H33N3O3/c1-4-16(13-28)25-23(29)15-11-24(30)18-6-5-7-19-21(18)17(10-20(24)26(2)12-15)22(27(19)3)14-8-9-14/h5-7,14-16,20,28,30H,4,8-13H2,1-3H3,(H,25,29)/t15?,16?,20-,24?/m1/s1. The number of benzene rings is 1. The molecule has 0 bridgehead atoms. The Morgan fingerprint density at radius 3 is 2.77 bits per heavy atom. The van der Waals surface area contributed by atoms with E-state index in [-0.39, 0.29) is 30.5 Å². The molecule has 1 amide bonds. The molecule has 0 radical (unpaired) electrons. The van der Waals surface area contributed by atoms with Crippen molar-refractivity contribution in [1.29, 1.82) is 0 Å². The predicted octanol–water partition coefficient (Wildman–Crippen LogP) is 2.01. The Bertz CT molecular complexity index is 991. The van der Waals surface area contributed by atoms with Crippen molar-refractivity contribution < 1.29 is 15.0 Å². The summed E-state index contributed by atoms with van der Waals surface area (Å²) in [6, 6.07) is 6.00. The number of nitrogens with one attached hydrogen (secondary N) is 1. The number of hydrogen-bond donors (Lipinski definition) is 3. The van der Waals surface area contributed by atoms with Gasteiger partial charge in [-0.25, -0.2) is 0 Å². The van der Waals surface area contributed by atoms with Crippen molar-refractivity contribution in [3.63, 3.8) is 0 Å². The first-order chi connectivity index (χ1) is 14.4. The van der Waals surface area contributed by atoms with Gasteiger partial charge >= 0.3 is 0 Å². The Morgan fingerprint density at radius 1 is 1.33 bits per heavy atom. The quantitative estimate of drug-likeness (QED) is 0.703. The average molecular weight is 412 g/mol. The maximum absolute atomic E-state index is 13.0. The maximum Gasteiger partial charge on any atom is 0.224 e. The van der Waals surface area contributed by atoms with Gasteiger partial charge in [0.15, 0.2) is 0 Å². The van der Waals surface area contributed by atoms with Crippen molar-refractivity contribution in [1.82, 2.24) is 14.8 Å². The molecule has 3 unspecified atom stereocenters. The summed E-state index contributed by atoms with van der Waals surface area (Å²) < 4.78 is 2.34. The molecule has 0 spiro atoms. The van der Waals surface area contributed by atoms with Crippen LogP contribution in [0.1, 0.15) is 55.3 Å². The number of carbonyl (C=O) groups excluding carboxylic acids is 1. The highest BCUT2D eigenvalue weighted by Gasteiger charge is 2.52. The smallest absolute Gasteiger partial charge is 0.224 e. The molecule has 162 valence electrons. The van der Waals surface area contributed by atoms with E-state index in [4.69, 9.17) is 0 Å². The highest BCUT2D eigenvalue weighted by atomic mass is 16.3. The maximum atomic E-state index is 13.0. The number of piperidine rings is 1. The number of aromatic nitrogens is 1. The normalized spacial score (nSPS) is 29.6. The van der Waals surface area contributed by atoms with Crippen molar-refractivity contribution >= 4 is 16.8 Å². The van der Waals surface area contributed by atoms with Crippen LogP contribution in [0.3, 0.4) is 0 Å².